The van der Waals surface area contributed by atoms with Gasteiger partial charge < -0.3 is 24.8 Å². The standard InChI is InChI=1S/C19H24N2O4/c1-13(2)25-15-7-5-14(6-8-15)20-12-19(22)21-17-10-9-16(23-3)11-18(17)24-4/h5-11,13,20H,12H2,1-4H3,(H,21,22). The van der Waals surface area contributed by atoms with Gasteiger partial charge in [-0.15, -0.1) is 0 Å². The van der Waals surface area contributed by atoms with Crippen LogP contribution < -0.4 is 24.8 Å². The molecule has 0 fully saturated rings. The van der Waals surface area contributed by atoms with Crippen molar-refractivity contribution < 1.29 is 19.0 Å². The Labute approximate surface area is 148 Å². The van der Waals surface area contributed by atoms with Crippen LogP contribution >= 0.6 is 0 Å². The van der Waals surface area contributed by atoms with E-state index in [4.69, 9.17) is 14.2 Å². The van der Waals surface area contributed by atoms with Crippen molar-refractivity contribution in [2.45, 2.75) is 20.0 Å². The normalized spacial score (nSPS) is 10.3. The van der Waals surface area contributed by atoms with Gasteiger partial charge in [0.05, 0.1) is 32.6 Å². The second-order valence-electron chi connectivity index (χ2n) is 5.66. The maximum Gasteiger partial charge on any atom is 0.243 e. The van der Waals surface area contributed by atoms with E-state index in [-0.39, 0.29) is 18.6 Å². The zero-order chi connectivity index (χ0) is 18.2. The number of ether oxygens (including phenoxy) is 3. The smallest absolute Gasteiger partial charge is 0.243 e. The van der Waals surface area contributed by atoms with E-state index in [0.717, 1.165) is 11.4 Å². The van der Waals surface area contributed by atoms with E-state index < -0.39 is 0 Å². The van der Waals surface area contributed by atoms with E-state index in [2.05, 4.69) is 10.6 Å². The highest BCUT2D eigenvalue weighted by Gasteiger charge is 2.09. The Morgan fingerprint density at radius 2 is 1.68 bits per heavy atom. The van der Waals surface area contributed by atoms with Crippen molar-refractivity contribution in [2.24, 2.45) is 0 Å². The minimum Gasteiger partial charge on any atom is -0.497 e. The van der Waals surface area contributed by atoms with Crippen LogP contribution in [0.5, 0.6) is 17.2 Å². The van der Waals surface area contributed by atoms with Gasteiger partial charge in [0.1, 0.15) is 17.2 Å². The molecule has 6 nitrogen and oxygen atoms in total. The second kappa shape index (κ2) is 8.82. The van der Waals surface area contributed by atoms with Crippen LogP contribution in [0, 0.1) is 0 Å². The SMILES string of the molecule is COc1ccc(NC(=O)CNc2ccc(OC(C)C)cc2)c(OC)c1. The first-order valence-electron chi connectivity index (χ1n) is 8.04. The molecule has 0 heterocycles. The highest BCUT2D eigenvalue weighted by atomic mass is 16.5. The average Bonchev–Trinajstić information content (AvgIpc) is 2.61. The zero-order valence-corrected chi connectivity index (χ0v) is 15.0. The van der Waals surface area contributed by atoms with Gasteiger partial charge in [0, 0.05) is 11.8 Å². The summed E-state index contributed by atoms with van der Waals surface area (Å²) in [6.07, 6.45) is 0.129. The number of hydrogen-bond acceptors (Lipinski definition) is 5. The van der Waals surface area contributed by atoms with Crippen LogP contribution in [0.3, 0.4) is 0 Å². The van der Waals surface area contributed by atoms with Crippen molar-refractivity contribution in [1.82, 2.24) is 0 Å². The van der Waals surface area contributed by atoms with Gasteiger partial charge in [-0.1, -0.05) is 0 Å². The number of carbonyl (C=O) groups is 1. The third-order valence-electron chi connectivity index (χ3n) is 3.36. The number of anilines is 2. The van der Waals surface area contributed by atoms with Crippen LogP contribution in [-0.2, 0) is 4.79 Å². The summed E-state index contributed by atoms with van der Waals surface area (Å²) in [7, 11) is 3.12. The number of carbonyl (C=O) groups excluding carboxylic acids is 1. The van der Waals surface area contributed by atoms with Gasteiger partial charge in [-0.3, -0.25) is 4.79 Å². The fourth-order valence-corrected chi connectivity index (χ4v) is 2.20. The van der Waals surface area contributed by atoms with Crippen molar-refractivity contribution in [3.05, 3.63) is 42.5 Å². The summed E-state index contributed by atoms with van der Waals surface area (Å²) in [5, 5.41) is 5.89. The lowest BCUT2D eigenvalue weighted by atomic mass is 10.2. The molecule has 2 rings (SSSR count). The highest BCUT2D eigenvalue weighted by Crippen LogP contribution is 2.28. The van der Waals surface area contributed by atoms with Gasteiger partial charge in [0.25, 0.3) is 0 Å². The molecular formula is C19H24N2O4. The quantitative estimate of drug-likeness (QED) is 0.766. The molecule has 2 N–H and O–H groups in total. The zero-order valence-electron chi connectivity index (χ0n) is 15.0. The van der Waals surface area contributed by atoms with Gasteiger partial charge in [0.15, 0.2) is 0 Å². The fraction of sp³-hybridized carbons (Fsp3) is 0.316. The first-order valence-corrected chi connectivity index (χ1v) is 8.04. The van der Waals surface area contributed by atoms with E-state index in [1.165, 1.54) is 0 Å². The summed E-state index contributed by atoms with van der Waals surface area (Å²) < 4.78 is 16.0. The Bertz CT molecular complexity index is 699. The van der Waals surface area contributed by atoms with E-state index in [1.54, 1.807) is 32.4 Å². The van der Waals surface area contributed by atoms with Gasteiger partial charge in [-0.05, 0) is 50.2 Å². The van der Waals surface area contributed by atoms with Gasteiger partial charge in [-0.2, -0.15) is 0 Å². The Morgan fingerprint density at radius 3 is 2.28 bits per heavy atom. The van der Waals surface area contributed by atoms with Gasteiger partial charge in [0.2, 0.25) is 5.91 Å². The minimum absolute atomic E-state index is 0.129. The average molecular weight is 344 g/mol. The summed E-state index contributed by atoms with van der Waals surface area (Å²) in [5.74, 6) is 1.83. The Morgan fingerprint density at radius 1 is 1.00 bits per heavy atom. The Hall–Kier alpha value is -2.89. The molecule has 2 aromatic carbocycles. The molecule has 0 bridgehead atoms. The van der Waals surface area contributed by atoms with Crippen LogP contribution in [-0.4, -0.2) is 32.8 Å². The lowest BCUT2D eigenvalue weighted by Crippen LogP contribution is -2.22. The largest absolute Gasteiger partial charge is 0.497 e. The molecule has 0 aliphatic heterocycles. The minimum atomic E-state index is -0.175. The topological polar surface area (TPSA) is 68.8 Å². The van der Waals surface area contributed by atoms with Crippen molar-refractivity contribution in [3.63, 3.8) is 0 Å². The Balaban J connectivity index is 1.90. The van der Waals surface area contributed by atoms with E-state index in [9.17, 15) is 4.79 Å². The number of benzene rings is 2. The summed E-state index contributed by atoms with van der Waals surface area (Å²) in [4.78, 5) is 12.1. The summed E-state index contributed by atoms with van der Waals surface area (Å²) in [6, 6.07) is 12.7. The lowest BCUT2D eigenvalue weighted by Gasteiger charge is -2.13. The number of hydrogen-bond donors (Lipinski definition) is 2. The molecule has 0 aliphatic carbocycles. The number of methoxy groups -OCH3 is 2. The van der Waals surface area contributed by atoms with Crippen molar-refractivity contribution in [2.75, 3.05) is 31.4 Å². The van der Waals surface area contributed by atoms with Crippen LogP contribution in [0.2, 0.25) is 0 Å². The number of amides is 1. The molecule has 0 unspecified atom stereocenters. The van der Waals surface area contributed by atoms with E-state index in [0.29, 0.717) is 17.2 Å². The molecule has 6 heteroatoms. The highest BCUT2D eigenvalue weighted by molar-refractivity contribution is 5.95. The van der Waals surface area contributed by atoms with Crippen molar-refractivity contribution >= 4 is 17.3 Å². The first-order chi connectivity index (χ1) is 12.0. The van der Waals surface area contributed by atoms with Crippen molar-refractivity contribution in [3.8, 4) is 17.2 Å². The maximum absolute atomic E-state index is 12.1. The summed E-state index contributed by atoms with van der Waals surface area (Å²) in [6.45, 7) is 4.09. The van der Waals surface area contributed by atoms with Crippen LogP contribution in [0.25, 0.3) is 0 Å². The maximum atomic E-state index is 12.1. The third kappa shape index (κ3) is 5.60. The first kappa shape index (κ1) is 18.4. The molecule has 134 valence electrons. The predicted octanol–water partition coefficient (Wildman–Crippen LogP) is 3.54. The molecule has 2 aromatic rings. The lowest BCUT2D eigenvalue weighted by molar-refractivity contribution is -0.114. The molecule has 0 saturated heterocycles. The van der Waals surface area contributed by atoms with E-state index in [1.807, 2.05) is 38.1 Å². The molecule has 0 aliphatic rings. The molecule has 0 radical (unpaired) electrons. The Kier molecular flexibility index (Phi) is 6.51. The summed E-state index contributed by atoms with van der Waals surface area (Å²) in [5.41, 5.74) is 1.43. The molecule has 0 aromatic heterocycles. The van der Waals surface area contributed by atoms with Crippen LogP contribution in [0.1, 0.15) is 13.8 Å². The molecule has 0 atom stereocenters. The second-order valence-corrected chi connectivity index (χ2v) is 5.66. The molecule has 1 amide bonds. The van der Waals surface area contributed by atoms with Crippen molar-refractivity contribution in [1.29, 1.82) is 0 Å². The van der Waals surface area contributed by atoms with Crippen LogP contribution in [0.15, 0.2) is 42.5 Å². The fourth-order valence-electron chi connectivity index (χ4n) is 2.20. The van der Waals surface area contributed by atoms with Gasteiger partial charge in [-0.25, -0.2) is 0 Å². The van der Waals surface area contributed by atoms with E-state index >= 15 is 0 Å². The predicted molar refractivity (Wildman–Crippen MR) is 98.9 cm³/mol. The van der Waals surface area contributed by atoms with Gasteiger partial charge >= 0.3 is 0 Å². The molecule has 0 spiro atoms. The number of nitrogens with one attached hydrogen (secondary N) is 2. The molecular weight excluding hydrogens is 320 g/mol. The molecule has 25 heavy (non-hydrogen) atoms. The monoisotopic (exact) mass is 344 g/mol. The number of rotatable bonds is 8. The third-order valence-corrected chi connectivity index (χ3v) is 3.36. The van der Waals surface area contributed by atoms with Crippen LogP contribution in [0.4, 0.5) is 11.4 Å². The molecule has 0 saturated carbocycles. The summed E-state index contributed by atoms with van der Waals surface area (Å²) >= 11 is 0.